The third kappa shape index (κ3) is 2.30. The number of rotatable bonds is 3. The number of aryl methyl sites for hydroxylation is 2. The molecule has 2 aromatic rings. The largest absolute Gasteiger partial charge is 0.467 e. The van der Waals surface area contributed by atoms with Gasteiger partial charge in [0, 0.05) is 10.2 Å². The highest BCUT2D eigenvalue weighted by Gasteiger charge is 2.04. The van der Waals surface area contributed by atoms with E-state index < -0.39 is 0 Å². The van der Waals surface area contributed by atoms with Gasteiger partial charge in [0.15, 0.2) is 0 Å². The quantitative estimate of drug-likeness (QED) is 0.908. The van der Waals surface area contributed by atoms with Crippen LogP contribution < -0.4 is 5.32 Å². The molecule has 0 aliphatic carbocycles. The van der Waals surface area contributed by atoms with Crippen LogP contribution >= 0.6 is 15.9 Å². The normalized spacial score (nSPS) is 10.4. The maximum Gasteiger partial charge on any atom is 0.125 e. The standard InChI is InChI=1S/C13H14BrNO/c1-9-6-7-16-12(9)8-15-11-5-3-4-10(2)13(11)14/h3-7,15H,8H2,1-2H3. The minimum Gasteiger partial charge on any atom is -0.467 e. The van der Waals surface area contributed by atoms with Crippen LogP contribution in [0.4, 0.5) is 5.69 Å². The van der Waals surface area contributed by atoms with E-state index in [1.54, 1.807) is 6.26 Å². The number of hydrogen-bond acceptors (Lipinski definition) is 2. The lowest BCUT2D eigenvalue weighted by molar-refractivity contribution is 0.515. The summed E-state index contributed by atoms with van der Waals surface area (Å²) in [6.45, 7) is 4.83. The van der Waals surface area contributed by atoms with Crippen molar-refractivity contribution >= 4 is 21.6 Å². The van der Waals surface area contributed by atoms with E-state index in [4.69, 9.17) is 4.42 Å². The molecule has 2 nitrogen and oxygen atoms in total. The van der Waals surface area contributed by atoms with Crippen molar-refractivity contribution in [2.45, 2.75) is 20.4 Å². The molecule has 0 bridgehead atoms. The van der Waals surface area contributed by atoms with Gasteiger partial charge in [-0.25, -0.2) is 0 Å². The van der Waals surface area contributed by atoms with Gasteiger partial charge in [0.25, 0.3) is 0 Å². The minimum atomic E-state index is 0.709. The zero-order valence-electron chi connectivity index (χ0n) is 9.38. The number of halogens is 1. The Morgan fingerprint density at radius 3 is 2.69 bits per heavy atom. The Kier molecular flexibility index (Phi) is 3.34. The molecule has 16 heavy (non-hydrogen) atoms. The van der Waals surface area contributed by atoms with Gasteiger partial charge in [-0.2, -0.15) is 0 Å². The van der Waals surface area contributed by atoms with Gasteiger partial charge in [-0.05, 0) is 53.0 Å². The second-order valence-corrected chi connectivity index (χ2v) is 4.61. The van der Waals surface area contributed by atoms with E-state index in [0.29, 0.717) is 6.54 Å². The van der Waals surface area contributed by atoms with Crippen LogP contribution in [0.2, 0.25) is 0 Å². The first-order chi connectivity index (χ1) is 7.68. The zero-order valence-corrected chi connectivity index (χ0v) is 11.0. The lowest BCUT2D eigenvalue weighted by atomic mass is 10.2. The Morgan fingerprint density at radius 2 is 2.00 bits per heavy atom. The van der Waals surface area contributed by atoms with Gasteiger partial charge in [-0.3, -0.25) is 0 Å². The maximum absolute atomic E-state index is 5.38. The van der Waals surface area contributed by atoms with Crippen LogP contribution in [0.25, 0.3) is 0 Å². The average molecular weight is 280 g/mol. The summed E-state index contributed by atoms with van der Waals surface area (Å²) in [5.41, 5.74) is 3.49. The molecule has 0 amide bonds. The Morgan fingerprint density at radius 1 is 1.19 bits per heavy atom. The van der Waals surface area contributed by atoms with Gasteiger partial charge in [-0.1, -0.05) is 12.1 Å². The fourth-order valence-corrected chi connectivity index (χ4v) is 1.95. The summed E-state index contributed by atoms with van der Waals surface area (Å²) in [7, 11) is 0. The van der Waals surface area contributed by atoms with Gasteiger partial charge >= 0.3 is 0 Å². The van der Waals surface area contributed by atoms with Crippen LogP contribution in [-0.4, -0.2) is 0 Å². The van der Waals surface area contributed by atoms with Gasteiger partial charge in [0.1, 0.15) is 5.76 Å². The molecule has 0 aliphatic rings. The summed E-state index contributed by atoms with van der Waals surface area (Å²) in [4.78, 5) is 0. The Bertz CT molecular complexity index is 490. The van der Waals surface area contributed by atoms with E-state index in [1.165, 1.54) is 11.1 Å². The van der Waals surface area contributed by atoms with Crippen LogP contribution in [0.5, 0.6) is 0 Å². The van der Waals surface area contributed by atoms with Crippen LogP contribution in [0.1, 0.15) is 16.9 Å². The van der Waals surface area contributed by atoms with Crippen molar-refractivity contribution in [1.82, 2.24) is 0 Å². The molecule has 84 valence electrons. The molecule has 0 radical (unpaired) electrons. The topological polar surface area (TPSA) is 25.2 Å². The second-order valence-electron chi connectivity index (χ2n) is 3.82. The first-order valence-electron chi connectivity index (χ1n) is 5.20. The smallest absolute Gasteiger partial charge is 0.125 e. The van der Waals surface area contributed by atoms with Crippen molar-refractivity contribution in [3.05, 3.63) is 51.9 Å². The summed E-state index contributed by atoms with van der Waals surface area (Å²) in [6.07, 6.45) is 1.72. The molecular formula is C13H14BrNO. The molecule has 1 aromatic heterocycles. The second kappa shape index (κ2) is 4.74. The van der Waals surface area contributed by atoms with Gasteiger partial charge in [0.2, 0.25) is 0 Å². The van der Waals surface area contributed by atoms with Crippen molar-refractivity contribution in [2.24, 2.45) is 0 Å². The lowest BCUT2D eigenvalue weighted by Gasteiger charge is -2.09. The van der Waals surface area contributed by atoms with Crippen molar-refractivity contribution in [3.63, 3.8) is 0 Å². The monoisotopic (exact) mass is 279 g/mol. The predicted molar refractivity (Wildman–Crippen MR) is 69.7 cm³/mol. The third-order valence-corrected chi connectivity index (χ3v) is 3.65. The molecule has 1 N–H and O–H groups in total. The van der Waals surface area contributed by atoms with E-state index in [9.17, 15) is 0 Å². The molecule has 0 saturated carbocycles. The summed E-state index contributed by atoms with van der Waals surface area (Å²) < 4.78 is 6.49. The van der Waals surface area contributed by atoms with Crippen LogP contribution in [-0.2, 0) is 6.54 Å². The molecule has 0 aliphatic heterocycles. The summed E-state index contributed by atoms with van der Waals surface area (Å²) in [5, 5.41) is 3.36. The van der Waals surface area contributed by atoms with Crippen molar-refractivity contribution in [1.29, 1.82) is 0 Å². The van der Waals surface area contributed by atoms with Gasteiger partial charge in [-0.15, -0.1) is 0 Å². The van der Waals surface area contributed by atoms with E-state index in [1.807, 2.05) is 19.1 Å². The molecule has 0 fully saturated rings. The molecule has 1 heterocycles. The molecule has 1 aromatic carbocycles. The first kappa shape index (κ1) is 11.3. The van der Waals surface area contributed by atoms with Crippen molar-refractivity contribution in [3.8, 4) is 0 Å². The van der Waals surface area contributed by atoms with Crippen LogP contribution in [0.15, 0.2) is 39.4 Å². The Balaban J connectivity index is 2.11. The number of benzene rings is 1. The van der Waals surface area contributed by atoms with Crippen molar-refractivity contribution in [2.75, 3.05) is 5.32 Å². The fraction of sp³-hybridized carbons (Fsp3) is 0.231. The summed E-state index contributed by atoms with van der Waals surface area (Å²) >= 11 is 3.57. The highest BCUT2D eigenvalue weighted by atomic mass is 79.9. The molecule has 0 spiro atoms. The number of nitrogens with one attached hydrogen (secondary N) is 1. The van der Waals surface area contributed by atoms with E-state index >= 15 is 0 Å². The zero-order chi connectivity index (χ0) is 11.5. The molecule has 0 saturated heterocycles. The number of hydrogen-bond donors (Lipinski definition) is 1. The summed E-state index contributed by atoms with van der Waals surface area (Å²) in [6, 6.07) is 8.14. The first-order valence-corrected chi connectivity index (χ1v) is 5.99. The van der Waals surface area contributed by atoms with Crippen molar-refractivity contribution < 1.29 is 4.42 Å². The van der Waals surface area contributed by atoms with Crippen LogP contribution in [0, 0.1) is 13.8 Å². The molecular weight excluding hydrogens is 266 g/mol. The summed E-state index contributed by atoms with van der Waals surface area (Å²) in [5.74, 6) is 0.980. The number of anilines is 1. The van der Waals surface area contributed by atoms with Crippen LogP contribution in [0.3, 0.4) is 0 Å². The SMILES string of the molecule is Cc1ccoc1CNc1cccc(C)c1Br. The highest BCUT2D eigenvalue weighted by Crippen LogP contribution is 2.26. The predicted octanol–water partition coefficient (Wildman–Crippen LogP) is 4.27. The molecule has 2 rings (SSSR count). The average Bonchev–Trinajstić information content (AvgIpc) is 2.67. The molecule has 0 atom stereocenters. The fourth-order valence-electron chi connectivity index (χ4n) is 1.54. The Labute approximate surface area is 104 Å². The molecule has 0 unspecified atom stereocenters. The van der Waals surface area contributed by atoms with E-state index in [0.717, 1.165) is 15.9 Å². The number of furan rings is 1. The van der Waals surface area contributed by atoms with E-state index in [-0.39, 0.29) is 0 Å². The molecule has 3 heteroatoms. The van der Waals surface area contributed by atoms with Gasteiger partial charge in [0.05, 0.1) is 12.8 Å². The third-order valence-electron chi connectivity index (χ3n) is 2.60. The lowest BCUT2D eigenvalue weighted by Crippen LogP contribution is -2.00. The Hall–Kier alpha value is -1.22. The van der Waals surface area contributed by atoms with Gasteiger partial charge < -0.3 is 9.73 Å². The van der Waals surface area contributed by atoms with E-state index in [2.05, 4.69) is 40.3 Å². The minimum absolute atomic E-state index is 0.709. The highest BCUT2D eigenvalue weighted by molar-refractivity contribution is 9.10. The maximum atomic E-state index is 5.38.